The second-order valence-corrected chi connectivity index (χ2v) is 18.9. The third kappa shape index (κ3) is 9.51. The van der Waals surface area contributed by atoms with Crippen molar-refractivity contribution in [1.29, 1.82) is 0 Å². The number of hydrogen-bond donors (Lipinski definition) is 0. The van der Waals surface area contributed by atoms with Gasteiger partial charge in [-0.25, -0.2) is 8.42 Å². The van der Waals surface area contributed by atoms with Gasteiger partial charge < -0.3 is 0 Å². The molecule has 8 saturated carbocycles. The highest BCUT2D eigenvalue weighted by atomic mass is 32.2. The predicted molar refractivity (Wildman–Crippen MR) is 164 cm³/mol. The Morgan fingerprint density at radius 2 is 1.11 bits per heavy atom. The van der Waals surface area contributed by atoms with Gasteiger partial charge in [0.2, 0.25) is 0 Å². The van der Waals surface area contributed by atoms with E-state index in [2.05, 4.69) is 34.6 Å². The molecular formula is C35H64O2S. The second kappa shape index (κ2) is 11.7. The van der Waals surface area contributed by atoms with Gasteiger partial charge in [0.05, 0.1) is 11.5 Å². The average Bonchev–Trinajstić information content (AvgIpc) is 3.57. The van der Waals surface area contributed by atoms with Crippen molar-refractivity contribution in [2.45, 2.75) is 158 Å². The average molecular weight is 549 g/mol. The quantitative estimate of drug-likeness (QED) is 0.344. The van der Waals surface area contributed by atoms with Crippen molar-refractivity contribution in [3.8, 4) is 0 Å². The van der Waals surface area contributed by atoms with Crippen LogP contribution in [-0.4, -0.2) is 19.9 Å². The molecule has 222 valence electrons. The second-order valence-electron chi connectivity index (χ2n) is 16.8. The van der Waals surface area contributed by atoms with Gasteiger partial charge in [0.15, 0.2) is 9.84 Å². The number of rotatable bonds is 2. The molecule has 1 aliphatic heterocycles. The molecule has 1 heterocycles. The Hall–Kier alpha value is -0.0500. The van der Waals surface area contributed by atoms with Gasteiger partial charge in [-0.15, -0.1) is 0 Å². The van der Waals surface area contributed by atoms with Crippen LogP contribution in [0, 0.1) is 51.2 Å². The molecule has 9 aliphatic rings. The van der Waals surface area contributed by atoms with Crippen molar-refractivity contribution in [2.24, 2.45) is 51.2 Å². The zero-order valence-electron chi connectivity index (χ0n) is 26.5. The molecule has 0 amide bonds. The van der Waals surface area contributed by atoms with E-state index >= 15 is 0 Å². The summed E-state index contributed by atoms with van der Waals surface area (Å²) in [7, 11) is -2.59. The third-order valence-electron chi connectivity index (χ3n) is 11.9. The van der Waals surface area contributed by atoms with Crippen LogP contribution in [0.25, 0.3) is 0 Å². The molecule has 0 radical (unpaired) electrons. The van der Waals surface area contributed by atoms with Gasteiger partial charge >= 0.3 is 0 Å². The highest BCUT2D eigenvalue weighted by Gasteiger charge is 2.59. The van der Waals surface area contributed by atoms with Gasteiger partial charge in [-0.3, -0.25) is 0 Å². The summed E-state index contributed by atoms with van der Waals surface area (Å²) < 4.78 is 21.0. The Morgan fingerprint density at radius 1 is 0.658 bits per heavy atom. The lowest BCUT2D eigenvalue weighted by atomic mass is 9.80. The summed E-state index contributed by atoms with van der Waals surface area (Å²) in [4.78, 5) is 0. The minimum Gasteiger partial charge on any atom is -0.229 e. The Balaban J connectivity index is 0.000000107. The zero-order chi connectivity index (χ0) is 27.8. The van der Waals surface area contributed by atoms with Gasteiger partial charge in [0, 0.05) is 0 Å². The minimum atomic E-state index is -2.59. The fourth-order valence-electron chi connectivity index (χ4n) is 6.96. The van der Waals surface area contributed by atoms with Gasteiger partial charge in [0.25, 0.3) is 0 Å². The monoisotopic (exact) mass is 548 g/mol. The van der Waals surface area contributed by atoms with E-state index in [1.54, 1.807) is 38.5 Å². The molecule has 9 rings (SSSR count). The van der Waals surface area contributed by atoms with Crippen molar-refractivity contribution in [3.63, 3.8) is 0 Å². The predicted octanol–water partition coefficient (Wildman–Crippen LogP) is 10.3. The van der Waals surface area contributed by atoms with Crippen molar-refractivity contribution in [2.75, 3.05) is 11.5 Å². The summed E-state index contributed by atoms with van der Waals surface area (Å²) in [6.07, 6.45) is 25.8. The lowest BCUT2D eigenvalue weighted by molar-refractivity contribution is 0.264. The Labute approximate surface area is 238 Å². The fourth-order valence-corrected chi connectivity index (χ4v) is 9.26. The van der Waals surface area contributed by atoms with E-state index in [1.807, 2.05) is 13.8 Å². The summed E-state index contributed by atoms with van der Waals surface area (Å²) in [5.41, 5.74) is 2.82. The minimum absolute atomic E-state index is 0.0683. The maximum absolute atomic E-state index is 10.5. The van der Waals surface area contributed by atoms with Crippen molar-refractivity contribution >= 4 is 9.84 Å². The molecule has 2 nitrogen and oxygen atoms in total. The molecule has 0 aromatic heterocycles. The smallest absolute Gasteiger partial charge is 0.151 e. The molecule has 3 heteroatoms. The van der Waals surface area contributed by atoms with Crippen LogP contribution in [0.4, 0.5) is 0 Å². The maximum atomic E-state index is 10.5. The first-order valence-corrected chi connectivity index (χ1v) is 18.7. The van der Waals surface area contributed by atoms with Gasteiger partial charge in [-0.05, 0) is 115 Å². The summed E-state index contributed by atoms with van der Waals surface area (Å²) in [5.74, 6) is 6.32. The van der Waals surface area contributed by atoms with Crippen LogP contribution in [0.2, 0.25) is 0 Å². The van der Waals surface area contributed by atoms with Crippen LogP contribution < -0.4 is 0 Å². The number of hydrogen-bond acceptors (Lipinski definition) is 2. The molecule has 2 atom stereocenters. The standard InChI is InChI=1S/2C7H12.C6H10.C5H10O2S.2C5H10/c1-7(4-5-7)6-2-3-6;1-6-5-7(6)3-2-4-7;1-5-4-6(5)2-3-6;1-5(2)3-8(6,7)4-5;1-5-3-2-4-5;1-2-5-3-4-5/h2*6H,2-5H2,1H3;5H,2-4H2,1H3;3-4H2,1-2H3;2*5H,2-4H2,1H3. The SMILES string of the molecule is CC1(C)CS(=O)(=O)C1.CC1(C2CC2)CC1.CC1CC12CC2.CC1CC12CCC2.CC1CCC1.CCC1CC1. The summed E-state index contributed by atoms with van der Waals surface area (Å²) in [6.45, 7) is 15.7. The first-order chi connectivity index (χ1) is 17.7. The van der Waals surface area contributed by atoms with Gasteiger partial charge in [-0.2, -0.15) is 0 Å². The first kappa shape index (κ1) is 30.9. The molecule has 1 saturated heterocycles. The maximum Gasteiger partial charge on any atom is 0.151 e. The van der Waals surface area contributed by atoms with Crippen LogP contribution in [0.15, 0.2) is 0 Å². The van der Waals surface area contributed by atoms with E-state index in [9.17, 15) is 8.42 Å². The lowest BCUT2D eigenvalue weighted by Gasteiger charge is -2.33. The largest absolute Gasteiger partial charge is 0.229 e. The van der Waals surface area contributed by atoms with Crippen LogP contribution >= 0.6 is 0 Å². The normalized spacial score (nSPS) is 34.9. The van der Waals surface area contributed by atoms with E-state index < -0.39 is 9.84 Å². The summed E-state index contributed by atoms with van der Waals surface area (Å²) >= 11 is 0. The molecule has 8 aliphatic carbocycles. The van der Waals surface area contributed by atoms with Gasteiger partial charge in [0.1, 0.15) is 0 Å². The van der Waals surface area contributed by atoms with E-state index in [1.165, 1.54) is 70.6 Å². The van der Waals surface area contributed by atoms with Gasteiger partial charge in [-0.1, -0.05) is 93.4 Å². The molecule has 0 aromatic carbocycles. The van der Waals surface area contributed by atoms with Crippen molar-refractivity contribution < 1.29 is 8.42 Å². The summed E-state index contributed by atoms with van der Waals surface area (Å²) in [5, 5.41) is 0. The molecule has 9 fully saturated rings. The topological polar surface area (TPSA) is 34.1 Å². The molecule has 2 spiro atoms. The fraction of sp³-hybridized carbons (Fsp3) is 1.00. The lowest BCUT2D eigenvalue weighted by Crippen LogP contribution is -2.43. The van der Waals surface area contributed by atoms with Crippen LogP contribution in [0.1, 0.15) is 158 Å². The van der Waals surface area contributed by atoms with Crippen molar-refractivity contribution in [3.05, 3.63) is 0 Å². The van der Waals surface area contributed by atoms with E-state index in [-0.39, 0.29) is 5.41 Å². The van der Waals surface area contributed by atoms with E-state index in [4.69, 9.17) is 0 Å². The Kier molecular flexibility index (Phi) is 9.49. The molecule has 0 aromatic rings. The Bertz CT molecular complexity index is 842. The molecule has 38 heavy (non-hydrogen) atoms. The zero-order valence-corrected chi connectivity index (χ0v) is 27.4. The summed E-state index contributed by atoms with van der Waals surface area (Å²) in [6, 6.07) is 0. The molecular weight excluding hydrogens is 484 g/mol. The number of sulfone groups is 1. The molecule has 0 bridgehead atoms. The molecule has 2 unspecified atom stereocenters. The van der Waals surface area contributed by atoms with E-state index in [0.29, 0.717) is 11.5 Å². The highest BCUT2D eigenvalue weighted by Crippen LogP contribution is 2.70. The van der Waals surface area contributed by atoms with Crippen LogP contribution in [0.5, 0.6) is 0 Å². The van der Waals surface area contributed by atoms with E-state index in [0.717, 1.165) is 45.8 Å². The van der Waals surface area contributed by atoms with Crippen LogP contribution in [0.3, 0.4) is 0 Å². The highest BCUT2D eigenvalue weighted by molar-refractivity contribution is 7.92. The third-order valence-corrected chi connectivity index (χ3v) is 14.4. The molecule has 0 N–H and O–H groups in total. The van der Waals surface area contributed by atoms with Crippen LogP contribution in [-0.2, 0) is 9.84 Å². The Morgan fingerprint density at radius 3 is 1.13 bits per heavy atom. The first-order valence-electron chi connectivity index (χ1n) is 16.9. The van der Waals surface area contributed by atoms with Crippen molar-refractivity contribution in [1.82, 2.24) is 0 Å².